The van der Waals surface area contributed by atoms with Crippen molar-refractivity contribution in [2.75, 3.05) is 4.90 Å². The van der Waals surface area contributed by atoms with Gasteiger partial charge in [0, 0.05) is 27.6 Å². The molecular weight excluding hydrogens is 965 g/mol. The third-order valence-electron chi connectivity index (χ3n) is 18.1. The predicted molar refractivity (Wildman–Crippen MR) is 332 cm³/mol. The number of aromatic nitrogens is 1. The van der Waals surface area contributed by atoms with Crippen LogP contribution >= 0.6 is 0 Å². The van der Waals surface area contributed by atoms with Crippen LogP contribution in [0.3, 0.4) is 0 Å². The highest BCUT2D eigenvalue weighted by Crippen LogP contribution is 2.64. The standard InChI is InChI=1S/C78H50N2/c1-3-26-52(27-4-1)77(53-28-5-2-6-29-53)65-39-15-11-33-59(65)60-49-48-54(50-70(60)77)79(71-44-18-13-34-61(71)58-32-10-9-31-57(58)56-37-21-25-51-24-7-8-30-55(51)56)74-47-23-42-68-75(74)64-36-12-16-40-66(64)78(68)67-41-17-20-46-73(67)80-72-45-19-14-35-62(72)63-38-22-43-69(78)76(63)80/h1-50H. The largest absolute Gasteiger partial charge is 0.309 e. The smallest absolute Gasteiger partial charge is 0.0755 e. The van der Waals surface area contributed by atoms with Gasteiger partial charge in [0.25, 0.3) is 0 Å². The summed E-state index contributed by atoms with van der Waals surface area (Å²) >= 11 is 0. The van der Waals surface area contributed by atoms with Crippen LogP contribution in [0.15, 0.2) is 303 Å². The molecule has 1 unspecified atom stereocenters. The third kappa shape index (κ3) is 5.92. The Balaban J connectivity index is 0.991. The van der Waals surface area contributed by atoms with E-state index in [2.05, 4.69) is 313 Å². The number of para-hydroxylation sites is 4. The van der Waals surface area contributed by atoms with Crippen LogP contribution in [0.4, 0.5) is 17.1 Å². The van der Waals surface area contributed by atoms with Gasteiger partial charge in [-0.15, -0.1) is 0 Å². The van der Waals surface area contributed by atoms with Crippen LogP contribution in [-0.4, -0.2) is 4.57 Å². The van der Waals surface area contributed by atoms with Crippen molar-refractivity contribution in [3.63, 3.8) is 0 Å². The Labute approximate surface area is 465 Å². The molecule has 0 radical (unpaired) electrons. The van der Waals surface area contributed by atoms with E-state index >= 15 is 0 Å². The van der Waals surface area contributed by atoms with Gasteiger partial charge in [-0.3, -0.25) is 0 Å². The quantitative estimate of drug-likeness (QED) is 0.154. The lowest BCUT2D eigenvalue weighted by molar-refractivity contribution is 0.748. The van der Waals surface area contributed by atoms with E-state index in [0.29, 0.717) is 0 Å². The summed E-state index contributed by atoms with van der Waals surface area (Å²) in [6, 6.07) is 114. The molecule has 1 aromatic heterocycles. The minimum absolute atomic E-state index is 0.602. The first-order valence-electron chi connectivity index (χ1n) is 27.9. The second kappa shape index (κ2) is 17.1. The fraction of sp³-hybridized carbons (Fsp3) is 0.0256. The normalized spacial score (nSPS) is 14.9. The van der Waals surface area contributed by atoms with E-state index in [9.17, 15) is 0 Å². The Kier molecular flexibility index (Phi) is 9.58. The van der Waals surface area contributed by atoms with Crippen LogP contribution in [0, 0.1) is 0 Å². The number of nitrogens with zero attached hydrogens (tertiary/aromatic N) is 2. The van der Waals surface area contributed by atoms with Gasteiger partial charge in [0.1, 0.15) is 0 Å². The molecular formula is C78H50N2. The molecule has 17 rings (SSSR count). The van der Waals surface area contributed by atoms with Crippen molar-refractivity contribution in [1.29, 1.82) is 0 Å². The van der Waals surface area contributed by atoms with Crippen LogP contribution < -0.4 is 4.90 Å². The Hall–Kier alpha value is -10.3. The van der Waals surface area contributed by atoms with E-state index in [1.54, 1.807) is 0 Å². The topological polar surface area (TPSA) is 8.17 Å². The monoisotopic (exact) mass is 1010 g/mol. The maximum Gasteiger partial charge on any atom is 0.0755 e. The Morgan fingerprint density at radius 1 is 0.275 bits per heavy atom. The summed E-state index contributed by atoms with van der Waals surface area (Å²) in [6.07, 6.45) is 0. The fourth-order valence-electron chi connectivity index (χ4n) is 15.1. The molecule has 80 heavy (non-hydrogen) atoms. The number of fused-ring (bicyclic) bond motifs is 16. The van der Waals surface area contributed by atoms with E-state index in [4.69, 9.17) is 0 Å². The number of hydrogen-bond acceptors (Lipinski definition) is 1. The summed E-state index contributed by atoms with van der Waals surface area (Å²) < 4.78 is 2.54. The zero-order chi connectivity index (χ0) is 52.5. The molecule has 2 heteroatoms. The fourth-order valence-corrected chi connectivity index (χ4v) is 15.1. The first kappa shape index (κ1) is 44.8. The third-order valence-corrected chi connectivity index (χ3v) is 18.1. The summed E-state index contributed by atoms with van der Waals surface area (Å²) in [5, 5.41) is 5.00. The zero-order valence-electron chi connectivity index (χ0n) is 43.8. The lowest BCUT2D eigenvalue weighted by atomic mass is 9.65. The van der Waals surface area contributed by atoms with Gasteiger partial charge in [-0.25, -0.2) is 0 Å². The second-order valence-electron chi connectivity index (χ2n) is 21.7. The van der Waals surface area contributed by atoms with Gasteiger partial charge in [0.15, 0.2) is 0 Å². The Bertz CT molecular complexity index is 4810. The molecule has 1 atom stereocenters. The molecule has 1 spiro atoms. The first-order chi connectivity index (χ1) is 39.7. The number of anilines is 3. The van der Waals surface area contributed by atoms with Gasteiger partial charge in [0.05, 0.1) is 38.9 Å². The van der Waals surface area contributed by atoms with Crippen molar-refractivity contribution in [2.24, 2.45) is 0 Å². The SMILES string of the molecule is c1ccc(C2(c3ccccc3)c3ccccc3-c3ccc(N(c4ccccc4-c4ccccc4-c4cccc5ccccc45)c4cccc5c4-c4ccccc4C54c5ccccc5-n5c6ccccc6c6cccc4c65)cc32)cc1. The molecule has 0 saturated carbocycles. The van der Waals surface area contributed by atoms with Crippen molar-refractivity contribution in [3.8, 4) is 50.2 Å². The van der Waals surface area contributed by atoms with Gasteiger partial charge in [0.2, 0.25) is 0 Å². The molecule has 0 N–H and O–H groups in total. The van der Waals surface area contributed by atoms with Crippen LogP contribution in [0.2, 0.25) is 0 Å². The molecule has 3 aliphatic rings. The molecule has 0 saturated heterocycles. The first-order valence-corrected chi connectivity index (χ1v) is 27.9. The van der Waals surface area contributed by atoms with Gasteiger partial charge < -0.3 is 9.47 Å². The minimum atomic E-state index is -0.635. The van der Waals surface area contributed by atoms with Crippen LogP contribution in [0.5, 0.6) is 0 Å². The molecule has 13 aromatic carbocycles. The highest BCUT2D eigenvalue weighted by atomic mass is 15.1. The maximum atomic E-state index is 2.61. The summed E-state index contributed by atoms with van der Waals surface area (Å²) in [7, 11) is 0. The summed E-state index contributed by atoms with van der Waals surface area (Å²) in [5.41, 5.74) is 25.7. The van der Waals surface area contributed by atoms with E-state index in [1.807, 2.05) is 0 Å². The Morgan fingerprint density at radius 2 is 0.775 bits per heavy atom. The van der Waals surface area contributed by atoms with Crippen molar-refractivity contribution < 1.29 is 0 Å². The van der Waals surface area contributed by atoms with Crippen molar-refractivity contribution in [3.05, 3.63) is 348 Å². The van der Waals surface area contributed by atoms with E-state index in [0.717, 1.165) is 22.6 Å². The molecule has 372 valence electrons. The maximum absolute atomic E-state index is 2.61. The zero-order valence-corrected chi connectivity index (χ0v) is 43.8. The van der Waals surface area contributed by atoms with Crippen LogP contribution in [-0.2, 0) is 10.8 Å². The predicted octanol–water partition coefficient (Wildman–Crippen LogP) is 19.8. The highest BCUT2D eigenvalue weighted by molar-refractivity contribution is 6.13. The molecule has 2 aliphatic carbocycles. The van der Waals surface area contributed by atoms with Crippen LogP contribution in [0.1, 0.15) is 44.5 Å². The molecule has 0 fully saturated rings. The van der Waals surface area contributed by atoms with Crippen molar-refractivity contribution >= 4 is 49.6 Å². The highest BCUT2D eigenvalue weighted by Gasteiger charge is 2.52. The number of rotatable bonds is 7. The summed E-state index contributed by atoms with van der Waals surface area (Å²) in [4.78, 5) is 2.61. The van der Waals surface area contributed by atoms with E-state index < -0.39 is 10.8 Å². The van der Waals surface area contributed by atoms with Gasteiger partial charge in [-0.05, 0) is 125 Å². The average molecular weight is 1020 g/mol. The van der Waals surface area contributed by atoms with Crippen molar-refractivity contribution in [1.82, 2.24) is 4.57 Å². The molecule has 1 aliphatic heterocycles. The molecule has 0 bridgehead atoms. The Morgan fingerprint density at radius 3 is 1.56 bits per heavy atom. The molecule has 0 amide bonds. The average Bonchev–Trinajstić information content (AvgIpc) is 4.35. The van der Waals surface area contributed by atoms with Crippen LogP contribution in [0.25, 0.3) is 82.8 Å². The van der Waals surface area contributed by atoms with Gasteiger partial charge in [-0.2, -0.15) is 0 Å². The molecule has 14 aromatic rings. The summed E-state index contributed by atoms with van der Waals surface area (Å²) in [6.45, 7) is 0. The van der Waals surface area contributed by atoms with E-state index in [-0.39, 0.29) is 0 Å². The summed E-state index contributed by atoms with van der Waals surface area (Å²) in [5.74, 6) is 0. The minimum Gasteiger partial charge on any atom is -0.309 e. The second-order valence-corrected chi connectivity index (χ2v) is 21.7. The van der Waals surface area contributed by atoms with Gasteiger partial charge in [-0.1, -0.05) is 267 Å². The van der Waals surface area contributed by atoms with Crippen molar-refractivity contribution in [2.45, 2.75) is 10.8 Å². The lowest BCUT2D eigenvalue weighted by Gasteiger charge is -2.40. The molecule has 2 heterocycles. The lowest BCUT2D eigenvalue weighted by Crippen LogP contribution is -2.33. The van der Waals surface area contributed by atoms with Gasteiger partial charge >= 0.3 is 0 Å². The molecule has 2 nitrogen and oxygen atoms in total. The number of benzene rings is 13. The number of hydrogen-bond donors (Lipinski definition) is 0. The van der Waals surface area contributed by atoms with E-state index in [1.165, 1.54) is 122 Å².